The molecule has 0 aromatic carbocycles. The maximum Gasteiger partial charge on any atom is 0.0949 e. The Balaban J connectivity index is 2.33. The van der Waals surface area contributed by atoms with Gasteiger partial charge < -0.3 is 14.8 Å². The Bertz CT molecular complexity index is 278. The molecule has 0 spiro atoms. The highest BCUT2D eigenvalue weighted by molar-refractivity contribution is 4.97. The molecule has 92 valence electrons. The summed E-state index contributed by atoms with van der Waals surface area (Å²) >= 11 is 0. The average molecular weight is 224 g/mol. The zero-order chi connectivity index (χ0) is 11.8. The first-order valence-corrected chi connectivity index (χ1v) is 6.17. The van der Waals surface area contributed by atoms with Crippen LogP contribution in [-0.2, 0) is 13.0 Å². The van der Waals surface area contributed by atoms with Crippen molar-refractivity contribution in [2.75, 3.05) is 33.2 Å². The molecule has 4 heteroatoms. The van der Waals surface area contributed by atoms with Crippen LogP contribution >= 0.6 is 0 Å². The van der Waals surface area contributed by atoms with Gasteiger partial charge in [0.25, 0.3) is 0 Å². The predicted octanol–water partition coefficient (Wildman–Crippen LogP) is 0.987. The van der Waals surface area contributed by atoms with Crippen LogP contribution in [0.2, 0.25) is 0 Å². The van der Waals surface area contributed by atoms with Crippen LogP contribution in [0, 0.1) is 0 Å². The van der Waals surface area contributed by atoms with Gasteiger partial charge >= 0.3 is 0 Å². The number of aromatic nitrogens is 2. The van der Waals surface area contributed by atoms with Crippen molar-refractivity contribution in [2.45, 2.75) is 26.8 Å². The Labute approximate surface area is 98.7 Å². The normalized spacial score (nSPS) is 11.2. The van der Waals surface area contributed by atoms with E-state index in [4.69, 9.17) is 0 Å². The number of imidazole rings is 1. The number of hydrogen-bond donors (Lipinski definition) is 1. The second-order valence-electron chi connectivity index (χ2n) is 3.98. The lowest BCUT2D eigenvalue weighted by molar-refractivity contribution is 0.290. The smallest absolute Gasteiger partial charge is 0.0949 e. The third-order valence-corrected chi connectivity index (χ3v) is 2.89. The van der Waals surface area contributed by atoms with E-state index in [-0.39, 0.29) is 0 Å². The molecule has 0 aliphatic rings. The van der Waals surface area contributed by atoms with Gasteiger partial charge in [-0.2, -0.15) is 0 Å². The molecule has 1 heterocycles. The second-order valence-corrected chi connectivity index (χ2v) is 3.98. The molecule has 0 amide bonds. The lowest BCUT2D eigenvalue weighted by atomic mass is 10.3. The van der Waals surface area contributed by atoms with Crippen molar-refractivity contribution in [3.63, 3.8) is 0 Å². The van der Waals surface area contributed by atoms with Crippen LogP contribution in [0.5, 0.6) is 0 Å². The maximum absolute atomic E-state index is 4.39. The van der Waals surface area contributed by atoms with Crippen molar-refractivity contribution >= 4 is 0 Å². The second kappa shape index (κ2) is 7.41. The highest BCUT2D eigenvalue weighted by atomic mass is 15.1. The highest BCUT2D eigenvalue weighted by Crippen LogP contribution is 1.98. The lowest BCUT2D eigenvalue weighted by Gasteiger charge is -2.17. The lowest BCUT2D eigenvalue weighted by Crippen LogP contribution is -2.26. The number of likely N-dealkylation sites (N-methyl/N-ethyl adjacent to an activating group) is 2. The minimum atomic E-state index is 0.993. The minimum Gasteiger partial charge on any atom is -0.336 e. The monoisotopic (exact) mass is 224 g/mol. The van der Waals surface area contributed by atoms with Crippen molar-refractivity contribution in [3.8, 4) is 0 Å². The molecule has 16 heavy (non-hydrogen) atoms. The van der Waals surface area contributed by atoms with E-state index < -0.39 is 0 Å². The zero-order valence-corrected chi connectivity index (χ0v) is 10.7. The van der Waals surface area contributed by atoms with Gasteiger partial charge in [0, 0.05) is 32.3 Å². The average Bonchev–Trinajstić information content (AvgIpc) is 2.76. The molecule has 0 fully saturated rings. The molecule has 0 aliphatic heterocycles. The SMILES string of the molecule is CCN(CC)CCn1cnc(CCNC)c1. The minimum absolute atomic E-state index is 0.993. The molecule has 0 unspecified atom stereocenters. The summed E-state index contributed by atoms with van der Waals surface area (Å²) in [6, 6.07) is 0. The van der Waals surface area contributed by atoms with E-state index in [1.165, 1.54) is 5.69 Å². The summed E-state index contributed by atoms with van der Waals surface area (Å²) in [7, 11) is 1.97. The Morgan fingerprint density at radius 3 is 2.75 bits per heavy atom. The summed E-state index contributed by atoms with van der Waals surface area (Å²) < 4.78 is 2.18. The van der Waals surface area contributed by atoms with E-state index in [2.05, 4.69) is 39.8 Å². The number of hydrogen-bond acceptors (Lipinski definition) is 3. The van der Waals surface area contributed by atoms with Crippen LogP contribution in [-0.4, -0.2) is 47.7 Å². The van der Waals surface area contributed by atoms with E-state index in [1.54, 1.807) is 0 Å². The Hall–Kier alpha value is -0.870. The Morgan fingerprint density at radius 1 is 1.38 bits per heavy atom. The van der Waals surface area contributed by atoms with Gasteiger partial charge in [-0.05, 0) is 20.1 Å². The van der Waals surface area contributed by atoms with Crippen molar-refractivity contribution in [1.29, 1.82) is 0 Å². The molecule has 0 atom stereocenters. The van der Waals surface area contributed by atoms with Gasteiger partial charge in [0.15, 0.2) is 0 Å². The summed E-state index contributed by atoms with van der Waals surface area (Å²) in [5, 5.41) is 3.14. The number of nitrogens with one attached hydrogen (secondary N) is 1. The van der Waals surface area contributed by atoms with Crippen molar-refractivity contribution in [1.82, 2.24) is 19.8 Å². The fourth-order valence-corrected chi connectivity index (χ4v) is 1.71. The van der Waals surface area contributed by atoms with Crippen LogP contribution in [0.3, 0.4) is 0 Å². The Morgan fingerprint density at radius 2 is 2.12 bits per heavy atom. The summed E-state index contributed by atoms with van der Waals surface area (Å²) in [6.45, 7) is 9.79. The van der Waals surface area contributed by atoms with Gasteiger partial charge in [-0.25, -0.2) is 4.98 Å². The highest BCUT2D eigenvalue weighted by Gasteiger charge is 2.01. The van der Waals surface area contributed by atoms with Gasteiger partial charge in [-0.1, -0.05) is 13.8 Å². The molecule has 1 aromatic rings. The molecule has 1 aromatic heterocycles. The molecule has 0 radical (unpaired) electrons. The quantitative estimate of drug-likeness (QED) is 0.715. The van der Waals surface area contributed by atoms with Gasteiger partial charge in [0.05, 0.1) is 12.0 Å². The van der Waals surface area contributed by atoms with Crippen LogP contribution in [0.25, 0.3) is 0 Å². The molecule has 0 bridgehead atoms. The summed E-state index contributed by atoms with van der Waals surface area (Å²) in [4.78, 5) is 6.81. The van der Waals surface area contributed by atoms with Gasteiger partial charge in [-0.3, -0.25) is 0 Å². The van der Waals surface area contributed by atoms with Crippen molar-refractivity contribution < 1.29 is 0 Å². The third kappa shape index (κ3) is 4.33. The number of nitrogens with zero attached hydrogens (tertiary/aromatic N) is 3. The Kier molecular flexibility index (Phi) is 6.11. The van der Waals surface area contributed by atoms with Crippen LogP contribution < -0.4 is 5.32 Å². The van der Waals surface area contributed by atoms with E-state index >= 15 is 0 Å². The van der Waals surface area contributed by atoms with Crippen molar-refractivity contribution in [2.24, 2.45) is 0 Å². The fourth-order valence-electron chi connectivity index (χ4n) is 1.71. The zero-order valence-electron chi connectivity index (χ0n) is 10.7. The van der Waals surface area contributed by atoms with Crippen LogP contribution in [0.15, 0.2) is 12.5 Å². The fraction of sp³-hybridized carbons (Fsp3) is 0.750. The molecule has 4 nitrogen and oxygen atoms in total. The standard InChI is InChI=1S/C12H24N4/c1-4-15(5-2)8-9-16-10-12(14-11-16)6-7-13-3/h10-11,13H,4-9H2,1-3H3. The topological polar surface area (TPSA) is 33.1 Å². The predicted molar refractivity (Wildman–Crippen MR) is 67.6 cm³/mol. The van der Waals surface area contributed by atoms with Crippen LogP contribution in [0.4, 0.5) is 0 Å². The van der Waals surface area contributed by atoms with Gasteiger partial charge in [0.1, 0.15) is 0 Å². The molecule has 0 saturated carbocycles. The summed E-state index contributed by atoms with van der Waals surface area (Å²) in [5.41, 5.74) is 1.17. The molecule has 0 saturated heterocycles. The molecular formula is C12H24N4. The first-order chi connectivity index (χ1) is 7.80. The van der Waals surface area contributed by atoms with E-state index in [1.807, 2.05) is 13.4 Å². The maximum atomic E-state index is 4.39. The molecular weight excluding hydrogens is 200 g/mol. The molecule has 1 N–H and O–H groups in total. The van der Waals surface area contributed by atoms with Crippen molar-refractivity contribution in [3.05, 3.63) is 18.2 Å². The first-order valence-electron chi connectivity index (χ1n) is 6.17. The number of rotatable bonds is 8. The van der Waals surface area contributed by atoms with Gasteiger partial charge in [0.2, 0.25) is 0 Å². The third-order valence-electron chi connectivity index (χ3n) is 2.89. The summed E-state index contributed by atoms with van der Waals surface area (Å²) in [6.07, 6.45) is 5.10. The van der Waals surface area contributed by atoms with E-state index in [0.717, 1.165) is 39.1 Å². The molecule has 1 rings (SSSR count). The van der Waals surface area contributed by atoms with Gasteiger partial charge in [-0.15, -0.1) is 0 Å². The summed E-state index contributed by atoms with van der Waals surface area (Å²) in [5.74, 6) is 0. The van der Waals surface area contributed by atoms with Crippen LogP contribution in [0.1, 0.15) is 19.5 Å². The van der Waals surface area contributed by atoms with E-state index in [9.17, 15) is 0 Å². The largest absolute Gasteiger partial charge is 0.336 e. The van der Waals surface area contributed by atoms with E-state index in [0.29, 0.717) is 0 Å². The first kappa shape index (κ1) is 13.2. The molecule has 0 aliphatic carbocycles.